The zero-order valence-corrected chi connectivity index (χ0v) is 9.82. The van der Waals surface area contributed by atoms with Crippen LogP contribution in [0.15, 0.2) is 6.20 Å². The first kappa shape index (κ1) is 11.0. The predicted octanol–water partition coefficient (Wildman–Crippen LogP) is 2.98. The highest BCUT2D eigenvalue weighted by molar-refractivity contribution is 9.09. The van der Waals surface area contributed by atoms with E-state index in [2.05, 4.69) is 31.2 Å². The van der Waals surface area contributed by atoms with E-state index in [9.17, 15) is 0 Å². The van der Waals surface area contributed by atoms with Crippen molar-refractivity contribution in [2.45, 2.75) is 6.42 Å². The summed E-state index contributed by atoms with van der Waals surface area (Å²) in [6, 6.07) is 0. The molecule has 3 nitrogen and oxygen atoms in total. The van der Waals surface area contributed by atoms with Crippen molar-refractivity contribution >= 4 is 44.9 Å². The van der Waals surface area contributed by atoms with Crippen LogP contribution in [0.4, 0.5) is 5.82 Å². The fourth-order valence-corrected chi connectivity index (χ4v) is 1.31. The smallest absolute Gasteiger partial charge is 0.224 e. The highest BCUT2D eigenvalue weighted by Gasteiger charge is 2.02. The number of hydrogen-bond acceptors (Lipinski definition) is 3. The summed E-state index contributed by atoms with van der Waals surface area (Å²) in [6.07, 6.45) is 2.48. The summed E-state index contributed by atoms with van der Waals surface area (Å²) in [6.45, 7) is 0.804. The molecule has 0 fully saturated rings. The van der Waals surface area contributed by atoms with Gasteiger partial charge in [0.25, 0.3) is 0 Å². The van der Waals surface area contributed by atoms with Crippen LogP contribution in [-0.4, -0.2) is 21.8 Å². The molecule has 0 saturated heterocycles. The van der Waals surface area contributed by atoms with E-state index in [-0.39, 0.29) is 5.28 Å². The van der Waals surface area contributed by atoms with E-state index in [1.54, 1.807) is 0 Å². The molecule has 1 aromatic rings. The molecule has 0 bridgehead atoms. The van der Waals surface area contributed by atoms with Crippen molar-refractivity contribution in [3.63, 3.8) is 0 Å². The molecule has 0 aliphatic rings. The second kappa shape index (κ2) is 5.62. The van der Waals surface area contributed by atoms with Gasteiger partial charge in [0.05, 0.1) is 6.20 Å². The van der Waals surface area contributed by atoms with E-state index in [1.807, 2.05) is 0 Å². The van der Waals surface area contributed by atoms with Crippen molar-refractivity contribution in [3.05, 3.63) is 16.5 Å². The lowest BCUT2D eigenvalue weighted by Gasteiger charge is -2.05. The largest absolute Gasteiger partial charge is 0.369 e. The monoisotopic (exact) mass is 283 g/mol. The van der Waals surface area contributed by atoms with Gasteiger partial charge in [-0.1, -0.05) is 27.5 Å². The molecular weight excluding hydrogens is 277 g/mol. The van der Waals surface area contributed by atoms with Crippen molar-refractivity contribution in [2.24, 2.45) is 0 Å². The summed E-state index contributed by atoms with van der Waals surface area (Å²) in [5.74, 6) is 0.586. The van der Waals surface area contributed by atoms with Gasteiger partial charge in [-0.15, -0.1) is 0 Å². The normalized spacial score (nSPS) is 10.1. The quantitative estimate of drug-likeness (QED) is 0.525. The molecular formula is C7H8BrCl2N3. The molecule has 13 heavy (non-hydrogen) atoms. The second-order valence-electron chi connectivity index (χ2n) is 2.30. The van der Waals surface area contributed by atoms with Crippen LogP contribution >= 0.6 is 39.1 Å². The maximum absolute atomic E-state index is 5.82. The van der Waals surface area contributed by atoms with Crippen LogP contribution in [0.1, 0.15) is 6.42 Å². The molecule has 0 aromatic carbocycles. The van der Waals surface area contributed by atoms with Gasteiger partial charge in [-0.05, 0) is 18.0 Å². The Morgan fingerprint density at radius 2 is 2.23 bits per heavy atom. The summed E-state index contributed by atoms with van der Waals surface area (Å²) in [5.41, 5.74) is 0. The number of nitrogens with one attached hydrogen (secondary N) is 1. The van der Waals surface area contributed by atoms with Crippen molar-refractivity contribution in [2.75, 3.05) is 17.2 Å². The first-order valence-electron chi connectivity index (χ1n) is 3.72. The molecule has 0 aliphatic carbocycles. The lowest BCUT2D eigenvalue weighted by Crippen LogP contribution is -2.04. The number of hydrogen-bond donors (Lipinski definition) is 1. The van der Waals surface area contributed by atoms with Gasteiger partial charge >= 0.3 is 0 Å². The minimum absolute atomic E-state index is 0.200. The maximum Gasteiger partial charge on any atom is 0.224 e. The van der Waals surface area contributed by atoms with E-state index in [0.717, 1.165) is 18.3 Å². The summed E-state index contributed by atoms with van der Waals surface area (Å²) in [5, 5.41) is 4.68. The van der Waals surface area contributed by atoms with Crippen molar-refractivity contribution < 1.29 is 0 Å². The number of rotatable bonds is 4. The predicted molar refractivity (Wildman–Crippen MR) is 59.0 cm³/mol. The molecule has 1 rings (SSSR count). The fourth-order valence-electron chi connectivity index (χ4n) is 0.743. The van der Waals surface area contributed by atoms with Crippen LogP contribution in [-0.2, 0) is 0 Å². The van der Waals surface area contributed by atoms with Gasteiger partial charge in [0.15, 0.2) is 0 Å². The van der Waals surface area contributed by atoms with Crippen molar-refractivity contribution in [1.29, 1.82) is 0 Å². The van der Waals surface area contributed by atoms with Gasteiger partial charge < -0.3 is 5.32 Å². The lowest BCUT2D eigenvalue weighted by molar-refractivity contribution is 0.982. The molecule has 1 heterocycles. The minimum atomic E-state index is 0.200. The van der Waals surface area contributed by atoms with Crippen LogP contribution < -0.4 is 5.32 Å². The van der Waals surface area contributed by atoms with Gasteiger partial charge in [0.1, 0.15) is 10.8 Å². The molecule has 6 heteroatoms. The molecule has 0 unspecified atom stereocenters. The van der Waals surface area contributed by atoms with Crippen LogP contribution in [0, 0.1) is 0 Å². The topological polar surface area (TPSA) is 37.8 Å². The van der Waals surface area contributed by atoms with E-state index in [4.69, 9.17) is 23.2 Å². The zero-order valence-electron chi connectivity index (χ0n) is 6.73. The van der Waals surface area contributed by atoms with Crippen LogP contribution in [0.2, 0.25) is 10.3 Å². The maximum atomic E-state index is 5.82. The van der Waals surface area contributed by atoms with Gasteiger partial charge in [0.2, 0.25) is 5.28 Å². The van der Waals surface area contributed by atoms with Gasteiger partial charge in [0, 0.05) is 11.9 Å². The van der Waals surface area contributed by atoms with Crippen molar-refractivity contribution in [3.8, 4) is 0 Å². The molecule has 0 amide bonds. The summed E-state index contributed by atoms with van der Waals surface area (Å²) in [4.78, 5) is 7.68. The molecule has 1 aromatic heterocycles. The fraction of sp³-hybridized carbons (Fsp3) is 0.429. The van der Waals surface area contributed by atoms with Crippen molar-refractivity contribution in [1.82, 2.24) is 9.97 Å². The zero-order chi connectivity index (χ0) is 9.68. The van der Waals surface area contributed by atoms with Crippen LogP contribution in [0.5, 0.6) is 0 Å². The first-order valence-corrected chi connectivity index (χ1v) is 5.59. The van der Waals surface area contributed by atoms with Gasteiger partial charge in [-0.3, -0.25) is 0 Å². The Morgan fingerprint density at radius 3 is 2.92 bits per heavy atom. The average molecular weight is 285 g/mol. The number of anilines is 1. The number of nitrogens with zero attached hydrogens (tertiary/aromatic N) is 2. The van der Waals surface area contributed by atoms with Crippen LogP contribution in [0.25, 0.3) is 0 Å². The van der Waals surface area contributed by atoms with Crippen LogP contribution in [0.3, 0.4) is 0 Å². The summed E-state index contributed by atoms with van der Waals surface area (Å²) < 4.78 is 0. The Morgan fingerprint density at radius 1 is 1.46 bits per heavy atom. The molecule has 0 aliphatic heterocycles. The summed E-state index contributed by atoms with van der Waals surface area (Å²) in [7, 11) is 0. The van der Waals surface area contributed by atoms with E-state index in [0.29, 0.717) is 10.8 Å². The number of halogens is 3. The molecule has 0 saturated carbocycles. The third-order valence-corrected chi connectivity index (χ3v) is 2.34. The molecule has 72 valence electrons. The Kier molecular flexibility index (Phi) is 4.77. The SMILES string of the molecule is Clc1ncc(Cl)c(NCCCBr)n1. The molecule has 0 radical (unpaired) electrons. The molecule has 0 atom stereocenters. The lowest BCUT2D eigenvalue weighted by atomic mass is 10.4. The Hall–Kier alpha value is -0.0600. The van der Waals surface area contributed by atoms with Gasteiger partial charge in [-0.2, -0.15) is 4.98 Å². The summed E-state index contributed by atoms with van der Waals surface area (Å²) >= 11 is 14.7. The van der Waals surface area contributed by atoms with E-state index >= 15 is 0 Å². The second-order valence-corrected chi connectivity index (χ2v) is 3.84. The number of alkyl halides is 1. The molecule has 0 spiro atoms. The van der Waals surface area contributed by atoms with E-state index in [1.165, 1.54) is 6.20 Å². The molecule has 1 N–H and O–H groups in total. The third-order valence-electron chi connectivity index (χ3n) is 1.32. The third kappa shape index (κ3) is 3.67. The average Bonchev–Trinajstić information content (AvgIpc) is 2.11. The Balaban J connectivity index is 2.59. The van der Waals surface area contributed by atoms with Gasteiger partial charge in [-0.25, -0.2) is 4.98 Å². The Bertz CT molecular complexity index is 282. The standard InChI is InChI=1S/C7H8BrCl2N3/c8-2-1-3-11-6-5(9)4-12-7(10)13-6/h4H,1-3H2,(H,11,12,13). The minimum Gasteiger partial charge on any atom is -0.369 e. The van der Waals surface area contributed by atoms with E-state index < -0.39 is 0 Å². The Labute approximate surface area is 95.0 Å². The highest BCUT2D eigenvalue weighted by atomic mass is 79.9. The number of aromatic nitrogens is 2. The first-order chi connectivity index (χ1) is 6.24. The highest BCUT2D eigenvalue weighted by Crippen LogP contribution is 2.18.